The van der Waals surface area contributed by atoms with E-state index in [2.05, 4.69) is 0 Å². The van der Waals surface area contributed by atoms with Crippen molar-refractivity contribution in [3.8, 4) is 0 Å². The molecule has 2 heterocycles. The number of rotatable bonds is 0. The van der Waals surface area contributed by atoms with Gasteiger partial charge in [0.25, 0.3) is 0 Å². The second-order valence-corrected chi connectivity index (χ2v) is 3.88. The SMILES string of the molecule is CC1(C)OCC2C(O)C=CC(=O)N21. The molecule has 2 aliphatic heterocycles. The Hall–Kier alpha value is -0.870. The highest BCUT2D eigenvalue weighted by atomic mass is 16.5. The van der Waals surface area contributed by atoms with E-state index in [9.17, 15) is 9.90 Å². The van der Waals surface area contributed by atoms with Crippen LogP contribution in [0.3, 0.4) is 0 Å². The largest absolute Gasteiger partial charge is 0.387 e. The van der Waals surface area contributed by atoms with Crippen molar-refractivity contribution in [1.29, 1.82) is 0 Å². The molecule has 72 valence electrons. The highest BCUT2D eigenvalue weighted by molar-refractivity contribution is 5.89. The average Bonchev–Trinajstić information content (AvgIpc) is 2.36. The number of fused-ring (bicyclic) bond motifs is 1. The minimum Gasteiger partial charge on any atom is -0.387 e. The maximum absolute atomic E-state index is 11.5. The molecule has 1 N–H and O–H groups in total. The van der Waals surface area contributed by atoms with Gasteiger partial charge in [-0.15, -0.1) is 0 Å². The molecule has 2 unspecified atom stereocenters. The van der Waals surface area contributed by atoms with Gasteiger partial charge >= 0.3 is 0 Å². The summed E-state index contributed by atoms with van der Waals surface area (Å²) in [6.07, 6.45) is 2.32. The molecular weight excluding hydrogens is 170 g/mol. The molecule has 1 amide bonds. The molecule has 0 spiro atoms. The second-order valence-electron chi connectivity index (χ2n) is 3.88. The highest BCUT2D eigenvalue weighted by Gasteiger charge is 2.47. The van der Waals surface area contributed by atoms with Crippen LogP contribution in [0, 0.1) is 0 Å². The van der Waals surface area contributed by atoms with E-state index in [1.807, 2.05) is 13.8 Å². The number of carbonyl (C=O) groups is 1. The van der Waals surface area contributed by atoms with Crippen molar-refractivity contribution in [3.05, 3.63) is 12.2 Å². The van der Waals surface area contributed by atoms with Crippen LogP contribution in [0.4, 0.5) is 0 Å². The Balaban J connectivity index is 2.35. The Morgan fingerprint density at radius 1 is 1.69 bits per heavy atom. The molecular formula is C9H13NO3. The molecule has 0 aromatic carbocycles. The Kier molecular flexibility index (Phi) is 1.72. The van der Waals surface area contributed by atoms with Gasteiger partial charge in [0.15, 0.2) is 0 Å². The Morgan fingerprint density at radius 3 is 3.00 bits per heavy atom. The molecule has 0 aliphatic carbocycles. The zero-order chi connectivity index (χ0) is 9.64. The van der Waals surface area contributed by atoms with Crippen molar-refractivity contribution in [2.24, 2.45) is 0 Å². The predicted molar refractivity (Wildman–Crippen MR) is 45.8 cm³/mol. The second kappa shape index (κ2) is 2.56. The minimum absolute atomic E-state index is 0.0854. The van der Waals surface area contributed by atoms with E-state index in [0.717, 1.165) is 0 Å². The number of carbonyl (C=O) groups excluding carboxylic acids is 1. The van der Waals surface area contributed by atoms with Gasteiger partial charge in [-0.25, -0.2) is 0 Å². The standard InChI is InChI=1S/C9H13NO3/c1-9(2)10-6(5-13-9)7(11)3-4-8(10)12/h3-4,6-7,11H,5H2,1-2H3. The molecule has 0 saturated carbocycles. The summed E-state index contributed by atoms with van der Waals surface area (Å²) in [6.45, 7) is 4.07. The molecule has 13 heavy (non-hydrogen) atoms. The Bertz CT molecular complexity index is 272. The van der Waals surface area contributed by atoms with Crippen LogP contribution in [0.25, 0.3) is 0 Å². The summed E-state index contributed by atoms with van der Waals surface area (Å²) in [5.74, 6) is -0.0854. The van der Waals surface area contributed by atoms with Crippen LogP contribution in [0.15, 0.2) is 12.2 Å². The normalized spacial score (nSPS) is 36.5. The van der Waals surface area contributed by atoms with Gasteiger partial charge in [0.05, 0.1) is 18.8 Å². The van der Waals surface area contributed by atoms with E-state index in [0.29, 0.717) is 6.61 Å². The zero-order valence-electron chi connectivity index (χ0n) is 7.73. The number of amides is 1. The molecule has 0 bridgehead atoms. The molecule has 4 nitrogen and oxygen atoms in total. The summed E-state index contributed by atoms with van der Waals surface area (Å²) < 4.78 is 5.43. The molecule has 2 atom stereocenters. The first-order valence-corrected chi connectivity index (χ1v) is 4.36. The third-order valence-electron chi connectivity index (χ3n) is 2.59. The van der Waals surface area contributed by atoms with E-state index in [1.54, 1.807) is 4.90 Å². The smallest absolute Gasteiger partial charge is 0.249 e. The van der Waals surface area contributed by atoms with Crippen LogP contribution in [-0.2, 0) is 9.53 Å². The topological polar surface area (TPSA) is 49.8 Å². The molecule has 0 aromatic rings. The summed E-state index contributed by atoms with van der Waals surface area (Å²) in [4.78, 5) is 13.1. The highest BCUT2D eigenvalue weighted by Crippen LogP contribution is 2.31. The average molecular weight is 183 g/mol. The van der Waals surface area contributed by atoms with Crippen molar-refractivity contribution in [2.75, 3.05) is 6.61 Å². The Labute approximate surface area is 76.8 Å². The van der Waals surface area contributed by atoms with Gasteiger partial charge < -0.3 is 14.7 Å². The first-order chi connectivity index (χ1) is 6.02. The third-order valence-corrected chi connectivity index (χ3v) is 2.59. The molecule has 4 heteroatoms. The lowest BCUT2D eigenvalue weighted by Gasteiger charge is -2.36. The van der Waals surface area contributed by atoms with Crippen molar-refractivity contribution in [1.82, 2.24) is 4.90 Å². The first kappa shape index (κ1) is 8.72. The fourth-order valence-corrected chi connectivity index (χ4v) is 1.90. The van der Waals surface area contributed by atoms with Gasteiger partial charge in [-0.05, 0) is 19.9 Å². The monoisotopic (exact) mass is 183 g/mol. The number of aliphatic hydroxyl groups is 1. The molecule has 0 radical (unpaired) electrons. The van der Waals surface area contributed by atoms with Gasteiger partial charge in [-0.2, -0.15) is 0 Å². The molecule has 1 fully saturated rings. The van der Waals surface area contributed by atoms with Gasteiger partial charge in [0.1, 0.15) is 5.72 Å². The van der Waals surface area contributed by atoms with Gasteiger partial charge in [-0.1, -0.05) is 0 Å². The fraction of sp³-hybridized carbons (Fsp3) is 0.667. The maximum atomic E-state index is 11.5. The molecule has 2 rings (SSSR count). The van der Waals surface area contributed by atoms with E-state index in [-0.39, 0.29) is 11.9 Å². The zero-order valence-corrected chi connectivity index (χ0v) is 7.73. The number of ether oxygens (including phenoxy) is 1. The van der Waals surface area contributed by atoms with Gasteiger partial charge in [-0.3, -0.25) is 4.79 Å². The van der Waals surface area contributed by atoms with E-state index in [4.69, 9.17) is 4.74 Å². The maximum Gasteiger partial charge on any atom is 0.249 e. The molecule has 2 aliphatic rings. The number of hydrogen-bond acceptors (Lipinski definition) is 3. The fourth-order valence-electron chi connectivity index (χ4n) is 1.90. The minimum atomic E-state index is -0.598. The van der Waals surface area contributed by atoms with Crippen LogP contribution in [0.1, 0.15) is 13.8 Å². The predicted octanol–water partition coefficient (Wildman–Crippen LogP) is -0.119. The van der Waals surface area contributed by atoms with Crippen LogP contribution < -0.4 is 0 Å². The summed E-state index contributed by atoms with van der Waals surface area (Å²) in [5.41, 5.74) is -0.590. The lowest BCUT2D eigenvalue weighted by atomic mass is 10.0. The van der Waals surface area contributed by atoms with Crippen LogP contribution in [0.2, 0.25) is 0 Å². The van der Waals surface area contributed by atoms with Gasteiger partial charge in [0.2, 0.25) is 5.91 Å². The van der Waals surface area contributed by atoms with Crippen LogP contribution in [-0.4, -0.2) is 40.4 Å². The quantitative estimate of drug-likeness (QED) is 0.569. The van der Waals surface area contributed by atoms with Crippen molar-refractivity contribution in [2.45, 2.75) is 31.7 Å². The molecule has 1 saturated heterocycles. The van der Waals surface area contributed by atoms with E-state index >= 15 is 0 Å². The lowest BCUT2D eigenvalue weighted by Crippen LogP contribution is -2.53. The Morgan fingerprint density at radius 2 is 2.38 bits per heavy atom. The van der Waals surface area contributed by atoms with Crippen molar-refractivity contribution >= 4 is 5.91 Å². The van der Waals surface area contributed by atoms with Crippen molar-refractivity contribution < 1.29 is 14.6 Å². The number of nitrogens with zero attached hydrogens (tertiary/aromatic N) is 1. The first-order valence-electron chi connectivity index (χ1n) is 4.36. The van der Waals surface area contributed by atoms with E-state index < -0.39 is 11.8 Å². The summed E-state index contributed by atoms with van der Waals surface area (Å²) in [6, 6.07) is -0.215. The van der Waals surface area contributed by atoms with E-state index in [1.165, 1.54) is 12.2 Å². The van der Waals surface area contributed by atoms with Crippen molar-refractivity contribution in [3.63, 3.8) is 0 Å². The van der Waals surface area contributed by atoms with Gasteiger partial charge in [0, 0.05) is 6.08 Å². The summed E-state index contributed by atoms with van der Waals surface area (Å²) in [7, 11) is 0. The number of hydrogen-bond donors (Lipinski definition) is 1. The van der Waals surface area contributed by atoms with Crippen LogP contribution >= 0.6 is 0 Å². The lowest BCUT2D eigenvalue weighted by molar-refractivity contribution is -0.143. The summed E-state index contributed by atoms with van der Waals surface area (Å²) >= 11 is 0. The van der Waals surface area contributed by atoms with Crippen LogP contribution in [0.5, 0.6) is 0 Å². The third kappa shape index (κ3) is 1.17. The number of aliphatic hydroxyl groups excluding tert-OH is 1. The summed E-state index contributed by atoms with van der Waals surface area (Å²) in [5, 5.41) is 9.57. The molecule has 0 aromatic heterocycles.